The number of hydrogen-bond acceptors (Lipinski definition) is 7. The minimum absolute atomic E-state index is 0.279. The van der Waals surface area contributed by atoms with E-state index in [9.17, 15) is 4.79 Å². The minimum Gasteiger partial charge on any atom is -0.368 e. The summed E-state index contributed by atoms with van der Waals surface area (Å²) in [5.74, 6) is 2.27. The average molecular weight is 388 g/mol. The zero-order valence-corrected chi connectivity index (χ0v) is 16.9. The zero-order chi connectivity index (χ0) is 19.7. The van der Waals surface area contributed by atoms with E-state index in [1.54, 1.807) is 0 Å². The molecule has 3 aliphatic rings. The van der Waals surface area contributed by atoms with Crippen LogP contribution < -0.4 is 16.4 Å². The average Bonchev–Trinajstić information content (AvgIpc) is 3.42. The van der Waals surface area contributed by atoms with Crippen molar-refractivity contribution >= 4 is 17.7 Å². The number of amides is 1. The first-order valence-electron chi connectivity index (χ1n) is 10.6. The van der Waals surface area contributed by atoms with Crippen LogP contribution in [0.3, 0.4) is 0 Å². The molecule has 4 rings (SSSR count). The van der Waals surface area contributed by atoms with Crippen molar-refractivity contribution < 1.29 is 4.79 Å². The number of hydrogen-bond donors (Lipinski definition) is 2. The van der Waals surface area contributed by atoms with E-state index in [1.807, 2.05) is 17.9 Å². The standard InChI is InChI=1S/C20H33N7O/c1-14-10-18(24-20(22)23-14)25-6-8-26(9-7-25)19(28)11-16-4-5-17(12-21)27(16)13-15-2-3-15/h10,15-17H,2-9,11-13,21H2,1H3,(H2,22,23,24)/t16-,17+/m0/s1. The van der Waals surface area contributed by atoms with Gasteiger partial charge >= 0.3 is 0 Å². The van der Waals surface area contributed by atoms with Crippen LogP contribution in [0.4, 0.5) is 11.8 Å². The topological polar surface area (TPSA) is 105 Å². The van der Waals surface area contributed by atoms with Gasteiger partial charge in [-0.05, 0) is 38.5 Å². The molecule has 0 spiro atoms. The largest absolute Gasteiger partial charge is 0.368 e. The summed E-state index contributed by atoms with van der Waals surface area (Å²) in [6.45, 7) is 6.78. The Morgan fingerprint density at radius 1 is 1.11 bits per heavy atom. The predicted molar refractivity (Wildman–Crippen MR) is 110 cm³/mol. The molecule has 4 N–H and O–H groups in total. The molecule has 0 unspecified atom stereocenters. The lowest BCUT2D eigenvalue weighted by Gasteiger charge is -2.37. The maximum Gasteiger partial charge on any atom is 0.224 e. The van der Waals surface area contributed by atoms with Gasteiger partial charge in [0.1, 0.15) is 5.82 Å². The predicted octanol–water partition coefficient (Wildman–Crippen LogP) is 0.608. The molecule has 28 heavy (non-hydrogen) atoms. The smallest absolute Gasteiger partial charge is 0.224 e. The molecule has 1 aromatic rings. The number of carbonyl (C=O) groups excluding carboxylic acids is 1. The summed E-state index contributed by atoms with van der Waals surface area (Å²) in [5, 5.41) is 0. The number of aromatic nitrogens is 2. The maximum absolute atomic E-state index is 13.0. The number of nitrogen functional groups attached to an aromatic ring is 1. The fraction of sp³-hybridized carbons (Fsp3) is 0.750. The van der Waals surface area contributed by atoms with E-state index in [4.69, 9.17) is 11.5 Å². The minimum atomic E-state index is 0.279. The number of rotatable bonds is 6. The fourth-order valence-electron chi connectivity index (χ4n) is 4.64. The van der Waals surface area contributed by atoms with E-state index < -0.39 is 0 Å². The molecule has 2 saturated heterocycles. The maximum atomic E-state index is 13.0. The van der Waals surface area contributed by atoms with E-state index in [1.165, 1.54) is 12.8 Å². The van der Waals surface area contributed by atoms with Gasteiger partial charge in [0.15, 0.2) is 0 Å². The summed E-state index contributed by atoms with van der Waals surface area (Å²) in [7, 11) is 0. The molecule has 3 heterocycles. The van der Waals surface area contributed by atoms with Crippen molar-refractivity contribution in [3.05, 3.63) is 11.8 Å². The highest BCUT2D eigenvalue weighted by Gasteiger charge is 2.38. The van der Waals surface area contributed by atoms with Gasteiger partial charge in [0.2, 0.25) is 11.9 Å². The Balaban J connectivity index is 1.31. The number of nitrogens with two attached hydrogens (primary N) is 2. The summed E-state index contributed by atoms with van der Waals surface area (Å²) in [4.78, 5) is 28.2. The Kier molecular flexibility index (Phi) is 5.68. The molecule has 8 nitrogen and oxygen atoms in total. The van der Waals surface area contributed by atoms with Crippen molar-refractivity contribution in [2.24, 2.45) is 11.7 Å². The van der Waals surface area contributed by atoms with Crippen molar-refractivity contribution in [3.8, 4) is 0 Å². The van der Waals surface area contributed by atoms with Crippen molar-refractivity contribution in [3.63, 3.8) is 0 Å². The third kappa shape index (κ3) is 4.38. The van der Waals surface area contributed by atoms with Crippen LogP contribution in [0.25, 0.3) is 0 Å². The van der Waals surface area contributed by atoms with Gasteiger partial charge in [-0.15, -0.1) is 0 Å². The number of anilines is 2. The van der Waals surface area contributed by atoms with Crippen LogP contribution in [0, 0.1) is 12.8 Å². The van der Waals surface area contributed by atoms with Crippen LogP contribution in [-0.4, -0.2) is 77.0 Å². The van der Waals surface area contributed by atoms with Crippen LogP contribution >= 0.6 is 0 Å². The van der Waals surface area contributed by atoms with Gasteiger partial charge < -0.3 is 21.3 Å². The molecule has 1 amide bonds. The van der Waals surface area contributed by atoms with Gasteiger partial charge in [0.05, 0.1) is 0 Å². The lowest BCUT2D eigenvalue weighted by atomic mass is 10.1. The molecule has 1 aliphatic carbocycles. The van der Waals surface area contributed by atoms with E-state index in [2.05, 4.69) is 19.8 Å². The van der Waals surface area contributed by atoms with E-state index in [0.717, 1.165) is 63.0 Å². The van der Waals surface area contributed by atoms with Crippen molar-refractivity contribution in [2.75, 3.05) is 49.9 Å². The Labute approximate surface area is 167 Å². The van der Waals surface area contributed by atoms with Gasteiger partial charge in [0, 0.05) is 69.5 Å². The van der Waals surface area contributed by atoms with E-state index in [0.29, 0.717) is 31.0 Å². The molecule has 0 aromatic carbocycles. The molecule has 2 atom stereocenters. The molecule has 8 heteroatoms. The Morgan fingerprint density at radius 3 is 2.46 bits per heavy atom. The van der Waals surface area contributed by atoms with Gasteiger partial charge in [0.25, 0.3) is 0 Å². The van der Waals surface area contributed by atoms with Gasteiger partial charge in [-0.2, -0.15) is 4.98 Å². The second-order valence-electron chi connectivity index (χ2n) is 8.56. The quantitative estimate of drug-likeness (QED) is 0.737. The molecular formula is C20H33N7O. The lowest BCUT2D eigenvalue weighted by molar-refractivity contribution is -0.132. The summed E-state index contributed by atoms with van der Waals surface area (Å²) in [6, 6.07) is 2.78. The van der Waals surface area contributed by atoms with Gasteiger partial charge in [-0.3, -0.25) is 9.69 Å². The fourth-order valence-corrected chi connectivity index (χ4v) is 4.64. The Morgan fingerprint density at radius 2 is 1.82 bits per heavy atom. The third-order valence-electron chi connectivity index (χ3n) is 6.43. The molecule has 0 radical (unpaired) electrons. The summed E-state index contributed by atoms with van der Waals surface area (Å²) in [5.41, 5.74) is 12.6. The third-order valence-corrected chi connectivity index (χ3v) is 6.43. The summed E-state index contributed by atoms with van der Waals surface area (Å²) < 4.78 is 0. The van der Waals surface area contributed by atoms with Crippen LogP contribution in [0.1, 0.15) is 37.8 Å². The van der Waals surface area contributed by atoms with Crippen molar-refractivity contribution in [1.82, 2.24) is 19.8 Å². The van der Waals surface area contributed by atoms with Gasteiger partial charge in [-0.1, -0.05) is 0 Å². The first kappa shape index (κ1) is 19.4. The molecular weight excluding hydrogens is 354 g/mol. The monoisotopic (exact) mass is 387 g/mol. The second-order valence-corrected chi connectivity index (χ2v) is 8.56. The summed E-state index contributed by atoms with van der Waals surface area (Å²) >= 11 is 0. The normalized spacial score (nSPS) is 26.1. The molecule has 3 fully saturated rings. The molecule has 1 aromatic heterocycles. The molecule has 2 aliphatic heterocycles. The number of aryl methyl sites for hydroxylation is 1. The van der Waals surface area contributed by atoms with E-state index >= 15 is 0 Å². The van der Waals surface area contributed by atoms with Crippen LogP contribution in [0.2, 0.25) is 0 Å². The Hall–Kier alpha value is -1.93. The number of piperazine rings is 1. The highest BCUT2D eigenvalue weighted by molar-refractivity contribution is 5.77. The van der Waals surface area contributed by atoms with Crippen LogP contribution in [0.15, 0.2) is 6.07 Å². The Bertz CT molecular complexity index is 680. The van der Waals surface area contributed by atoms with Crippen molar-refractivity contribution in [2.45, 2.75) is 51.1 Å². The van der Waals surface area contributed by atoms with E-state index in [-0.39, 0.29) is 5.91 Å². The van der Waals surface area contributed by atoms with Gasteiger partial charge in [-0.25, -0.2) is 4.98 Å². The SMILES string of the molecule is Cc1cc(N2CCN(C(=O)C[C@@H]3CC[C@H](CN)N3CC3CC3)CC2)nc(N)n1. The number of likely N-dealkylation sites (tertiary alicyclic amines) is 1. The van der Waals surface area contributed by atoms with Crippen LogP contribution in [0.5, 0.6) is 0 Å². The molecule has 154 valence electrons. The highest BCUT2D eigenvalue weighted by atomic mass is 16.2. The first-order valence-corrected chi connectivity index (χ1v) is 10.6. The number of nitrogens with zero attached hydrogens (tertiary/aromatic N) is 5. The second kappa shape index (κ2) is 8.21. The molecule has 0 bridgehead atoms. The first-order chi connectivity index (χ1) is 13.5. The number of carbonyl (C=O) groups is 1. The van der Waals surface area contributed by atoms with Crippen LogP contribution in [-0.2, 0) is 4.79 Å². The summed E-state index contributed by atoms with van der Waals surface area (Å²) in [6.07, 6.45) is 5.53. The molecule has 1 saturated carbocycles. The zero-order valence-electron chi connectivity index (χ0n) is 16.9. The highest BCUT2D eigenvalue weighted by Crippen LogP contribution is 2.35. The van der Waals surface area contributed by atoms with Crippen molar-refractivity contribution in [1.29, 1.82) is 0 Å². The lowest BCUT2D eigenvalue weighted by Crippen LogP contribution is -2.50.